The van der Waals surface area contributed by atoms with E-state index in [0.717, 1.165) is 42.8 Å². The molecule has 0 unspecified atom stereocenters. The standard InChI is InChI=1S/C62H34N6S2/c1-2-15-37(16-3-1)67-50-29-27-35-14-4-5-17-38(35)53(50)44-28-26-36(32-51(44)67)46-33-47-55-54-43-22-10-12-24-49(43)68(57(54)40-19-7-9-21-42(40)59(55)70-58(47)41-20-8-6-18-39(41)46)61-56-45-23-11-13-25-52(45)69-62(56)66-60(65-61)48-34-63-30-31-64-48/h1-34H. The summed E-state index contributed by atoms with van der Waals surface area (Å²) in [6.07, 6.45) is 5.15. The van der Waals surface area contributed by atoms with Crippen LogP contribution in [0.2, 0.25) is 0 Å². The van der Waals surface area contributed by atoms with E-state index >= 15 is 0 Å². The molecule has 16 aromatic rings. The van der Waals surface area contributed by atoms with Gasteiger partial charge in [0.15, 0.2) is 11.6 Å². The zero-order chi connectivity index (χ0) is 45.6. The van der Waals surface area contributed by atoms with E-state index in [9.17, 15) is 0 Å². The normalized spacial score (nSPS) is 12.3. The van der Waals surface area contributed by atoms with Crippen molar-refractivity contribution in [3.05, 3.63) is 207 Å². The van der Waals surface area contributed by atoms with Gasteiger partial charge in [-0.25, -0.2) is 15.0 Å². The Morgan fingerprint density at radius 1 is 0.414 bits per heavy atom. The molecule has 10 aromatic carbocycles. The molecule has 8 heteroatoms. The summed E-state index contributed by atoms with van der Waals surface area (Å²) in [6.45, 7) is 0. The van der Waals surface area contributed by atoms with E-state index < -0.39 is 0 Å². The Bertz CT molecular complexity index is 4890. The predicted octanol–water partition coefficient (Wildman–Crippen LogP) is 17.0. The van der Waals surface area contributed by atoms with E-state index in [1.807, 2.05) is 11.3 Å². The van der Waals surface area contributed by atoms with Crippen LogP contribution >= 0.6 is 22.7 Å². The first-order valence-electron chi connectivity index (χ1n) is 23.4. The Hall–Kier alpha value is -8.82. The van der Waals surface area contributed by atoms with Gasteiger partial charge in [0.05, 0.1) is 33.6 Å². The average Bonchev–Trinajstić information content (AvgIpc) is 4.19. The Balaban J connectivity index is 1.05. The summed E-state index contributed by atoms with van der Waals surface area (Å²) in [7, 11) is 0. The molecule has 0 radical (unpaired) electrons. The molecule has 0 aliphatic heterocycles. The summed E-state index contributed by atoms with van der Waals surface area (Å²) in [5.41, 5.74) is 8.76. The molecule has 0 saturated carbocycles. The molecule has 0 fully saturated rings. The molecule has 70 heavy (non-hydrogen) atoms. The topological polar surface area (TPSA) is 61.4 Å². The molecule has 6 aromatic heterocycles. The SMILES string of the molecule is c1ccc(-n2c3cc(-c4cc5c(sc6c7ccccc7c7c(c8ccccc8n7-c7nc(-c8cnccn8)nc8sc9ccccc9c78)c56)c5ccccc45)ccc3c3c4ccccc4ccc32)cc1. The number of hydrogen-bond donors (Lipinski definition) is 0. The molecule has 0 saturated heterocycles. The van der Waals surface area contributed by atoms with Crippen LogP contribution in [0, 0.1) is 0 Å². The molecule has 324 valence electrons. The fourth-order valence-electron chi connectivity index (χ4n) is 11.6. The second kappa shape index (κ2) is 14.4. The van der Waals surface area contributed by atoms with Crippen molar-refractivity contribution in [3.63, 3.8) is 0 Å². The number of para-hydroxylation sites is 2. The number of nitrogens with zero attached hydrogens (tertiary/aromatic N) is 6. The van der Waals surface area contributed by atoms with E-state index in [-0.39, 0.29) is 0 Å². The second-order valence-electron chi connectivity index (χ2n) is 18.1. The predicted molar refractivity (Wildman–Crippen MR) is 295 cm³/mol. The van der Waals surface area contributed by atoms with Gasteiger partial charge in [-0.3, -0.25) is 9.55 Å². The van der Waals surface area contributed by atoms with Gasteiger partial charge in [0, 0.05) is 86.0 Å². The van der Waals surface area contributed by atoms with Crippen LogP contribution in [0.15, 0.2) is 207 Å². The Labute approximate surface area is 406 Å². The Morgan fingerprint density at radius 2 is 1.13 bits per heavy atom. The fourth-order valence-corrected chi connectivity index (χ4v) is 14.0. The minimum absolute atomic E-state index is 0.548. The highest BCUT2D eigenvalue weighted by molar-refractivity contribution is 7.28. The molecule has 16 rings (SSSR count). The number of benzene rings is 10. The molecule has 0 bridgehead atoms. The number of aromatic nitrogens is 6. The average molecular weight is 927 g/mol. The first-order chi connectivity index (χ1) is 34.7. The van der Waals surface area contributed by atoms with Crippen molar-refractivity contribution < 1.29 is 0 Å². The number of rotatable bonds is 4. The van der Waals surface area contributed by atoms with E-state index in [0.29, 0.717) is 11.5 Å². The quantitative estimate of drug-likeness (QED) is 0.176. The molecule has 6 heterocycles. The van der Waals surface area contributed by atoms with E-state index in [4.69, 9.17) is 15.0 Å². The highest BCUT2D eigenvalue weighted by Gasteiger charge is 2.27. The zero-order valence-electron chi connectivity index (χ0n) is 37.1. The zero-order valence-corrected chi connectivity index (χ0v) is 38.8. The largest absolute Gasteiger partial charge is 0.309 e. The Kier molecular flexibility index (Phi) is 7.83. The van der Waals surface area contributed by atoms with Gasteiger partial charge in [-0.05, 0) is 69.8 Å². The number of hydrogen-bond acceptors (Lipinski definition) is 6. The summed E-state index contributed by atoms with van der Waals surface area (Å²) in [4.78, 5) is 20.7. The minimum Gasteiger partial charge on any atom is -0.309 e. The smallest absolute Gasteiger partial charge is 0.183 e. The van der Waals surface area contributed by atoms with Gasteiger partial charge < -0.3 is 4.57 Å². The van der Waals surface area contributed by atoms with Crippen molar-refractivity contribution in [1.82, 2.24) is 29.1 Å². The van der Waals surface area contributed by atoms with Gasteiger partial charge in [-0.2, -0.15) is 0 Å². The molecule has 0 spiro atoms. The first-order valence-corrected chi connectivity index (χ1v) is 25.1. The number of thiophene rings is 2. The van der Waals surface area contributed by atoms with Gasteiger partial charge in [-0.15, -0.1) is 22.7 Å². The molecule has 0 amide bonds. The maximum absolute atomic E-state index is 5.51. The van der Waals surface area contributed by atoms with Crippen LogP contribution in [0.1, 0.15) is 0 Å². The molecule has 0 aliphatic carbocycles. The molecule has 6 nitrogen and oxygen atoms in total. The third kappa shape index (κ3) is 5.20. The maximum atomic E-state index is 5.51. The van der Waals surface area contributed by atoms with Gasteiger partial charge in [0.25, 0.3) is 0 Å². The lowest BCUT2D eigenvalue weighted by Crippen LogP contribution is -2.03. The van der Waals surface area contributed by atoms with Crippen LogP contribution in [-0.2, 0) is 0 Å². The molecule has 0 atom stereocenters. The van der Waals surface area contributed by atoms with Crippen molar-refractivity contribution in [2.45, 2.75) is 0 Å². The molecular weight excluding hydrogens is 893 g/mol. The third-order valence-corrected chi connectivity index (χ3v) is 16.8. The third-order valence-electron chi connectivity index (χ3n) is 14.5. The van der Waals surface area contributed by atoms with Crippen LogP contribution in [-0.4, -0.2) is 29.1 Å². The minimum atomic E-state index is 0.548. The van der Waals surface area contributed by atoms with Crippen molar-refractivity contribution in [2.75, 3.05) is 0 Å². The first kappa shape index (κ1) is 38.2. The van der Waals surface area contributed by atoms with Gasteiger partial charge in [0.1, 0.15) is 10.5 Å². The van der Waals surface area contributed by atoms with Crippen molar-refractivity contribution >= 4 is 139 Å². The second-order valence-corrected chi connectivity index (χ2v) is 20.1. The van der Waals surface area contributed by atoms with E-state index in [2.05, 4.69) is 202 Å². The summed E-state index contributed by atoms with van der Waals surface area (Å²) in [6, 6.07) is 69.1. The monoisotopic (exact) mass is 926 g/mol. The van der Waals surface area contributed by atoms with Crippen LogP contribution in [0.25, 0.3) is 151 Å². The van der Waals surface area contributed by atoms with Gasteiger partial charge >= 0.3 is 0 Å². The van der Waals surface area contributed by atoms with Crippen LogP contribution in [0.4, 0.5) is 0 Å². The fraction of sp³-hybridized carbons (Fsp3) is 0. The lowest BCUT2D eigenvalue weighted by Gasteiger charge is -2.13. The summed E-state index contributed by atoms with van der Waals surface area (Å²) < 4.78 is 8.59. The number of fused-ring (bicyclic) bond motifs is 20. The van der Waals surface area contributed by atoms with Crippen LogP contribution in [0.3, 0.4) is 0 Å². The summed E-state index contributed by atoms with van der Waals surface area (Å²) in [5, 5.41) is 17.0. The Morgan fingerprint density at radius 3 is 1.97 bits per heavy atom. The highest BCUT2D eigenvalue weighted by atomic mass is 32.1. The molecule has 0 aliphatic rings. The summed E-state index contributed by atoms with van der Waals surface area (Å²) in [5.74, 6) is 1.38. The lowest BCUT2D eigenvalue weighted by atomic mass is 9.93. The maximum Gasteiger partial charge on any atom is 0.183 e. The van der Waals surface area contributed by atoms with E-state index in [1.165, 1.54) is 96.2 Å². The highest BCUT2D eigenvalue weighted by Crippen LogP contribution is 2.52. The van der Waals surface area contributed by atoms with Crippen molar-refractivity contribution in [2.24, 2.45) is 0 Å². The van der Waals surface area contributed by atoms with Crippen LogP contribution < -0.4 is 0 Å². The van der Waals surface area contributed by atoms with Gasteiger partial charge in [-0.1, -0.05) is 146 Å². The van der Waals surface area contributed by atoms with Crippen molar-refractivity contribution in [1.29, 1.82) is 0 Å². The molecular formula is C62H34N6S2. The van der Waals surface area contributed by atoms with Crippen molar-refractivity contribution in [3.8, 4) is 34.2 Å². The van der Waals surface area contributed by atoms with Crippen LogP contribution in [0.5, 0.6) is 0 Å². The lowest BCUT2D eigenvalue weighted by molar-refractivity contribution is 1.06. The van der Waals surface area contributed by atoms with E-state index in [1.54, 1.807) is 29.9 Å². The summed E-state index contributed by atoms with van der Waals surface area (Å²) >= 11 is 3.60. The molecule has 0 N–H and O–H groups in total. The van der Waals surface area contributed by atoms with Gasteiger partial charge in [0.2, 0.25) is 0 Å².